The lowest BCUT2D eigenvalue weighted by Gasteiger charge is -2.15. The third kappa shape index (κ3) is 4.53. The maximum absolute atomic E-state index is 11.9. The minimum Gasteiger partial charge on any atom is -0.497 e. The smallest absolute Gasteiger partial charge is 0.330 e. The van der Waals surface area contributed by atoms with Crippen LogP contribution in [0.15, 0.2) is 28.8 Å². The summed E-state index contributed by atoms with van der Waals surface area (Å²) in [5.41, 5.74) is 0.459. The Bertz CT molecular complexity index is 681. The van der Waals surface area contributed by atoms with Crippen LogP contribution < -0.4 is 10.1 Å². The molecule has 2 rings (SSSR count). The van der Waals surface area contributed by atoms with Crippen molar-refractivity contribution in [2.75, 3.05) is 7.11 Å². The van der Waals surface area contributed by atoms with Gasteiger partial charge in [0.05, 0.1) is 7.11 Å². The number of nitrogens with one attached hydrogen (secondary N) is 1. The van der Waals surface area contributed by atoms with E-state index in [-0.39, 0.29) is 12.8 Å². The van der Waals surface area contributed by atoms with Crippen LogP contribution in [0.3, 0.4) is 0 Å². The summed E-state index contributed by atoms with van der Waals surface area (Å²) in [6, 6.07) is 5.34. The molecule has 2 aromatic rings. The molecule has 1 aromatic carbocycles. The van der Waals surface area contributed by atoms with Crippen molar-refractivity contribution in [3.05, 3.63) is 41.5 Å². The topological polar surface area (TPSA) is 115 Å². The zero-order chi connectivity index (χ0) is 16.8. The number of hydrogen-bond donors (Lipinski definition) is 2. The highest BCUT2D eigenvalue weighted by Crippen LogP contribution is 2.18. The average Bonchev–Trinajstić information content (AvgIpc) is 2.96. The van der Waals surface area contributed by atoms with Gasteiger partial charge in [-0.1, -0.05) is 17.3 Å². The number of carbonyl (C=O) groups is 2. The van der Waals surface area contributed by atoms with Crippen LogP contribution in [0.2, 0.25) is 0 Å². The van der Waals surface area contributed by atoms with Crippen molar-refractivity contribution in [1.29, 1.82) is 0 Å². The average molecular weight is 319 g/mol. The number of aryl methyl sites for hydroxylation is 2. The quantitative estimate of drug-likeness (QED) is 0.789. The van der Waals surface area contributed by atoms with E-state index in [4.69, 9.17) is 9.26 Å². The van der Waals surface area contributed by atoms with E-state index >= 15 is 0 Å². The lowest BCUT2D eigenvalue weighted by atomic mass is 10.1. The normalized spacial score (nSPS) is 11.7. The Kier molecular flexibility index (Phi) is 5.29. The van der Waals surface area contributed by atoms with Crippen LogP contribution in [0, 0.1) is 6.92 Å². The van der Waals surface area contributed by atoms with Gasteiger partial charge in [0.15, 0.2) is 11.9 Å². The van der Waals surface area contributed by atoms with E-state index in [9.17, 15) is 14.7 Å². The summed E-state index contributed by atoms with van der Waals surface area (Å²) in [5.74, 6) is -0.117. The fourth-order valence-electron chi connectivity index (χ4n) is 1.98. The predicted octanol–water partition coefficient (Wildman–Crippen LogP) is 1.26. The number of aliphatic carboxylic acids is 1. The van der Waals surface area contributed by atoms with E-state index in [1.807, 2.05) is 0 Å². The van der Waals surface area contributed by atoms with Gasteiger partial charge in [-0.25, -0.2) is 4.79 Å². The van der Waals surface area contributed by atoms with Gasteiger partial charge in [-0.05, 0) is 24.6 Å². The maximum Gasteiger partial charge on any atom is 0.330 e. The molecular formula is C15H17N3O5. The molecule has 122 valence electrons. The Balaban J connectivity index is 1.97. The van der Waals surface area contributed by atoms with Crippen LogP contribution in [0.1, 0.15) is 29.7 Å². The molecule has 8 heteroatoms. The van der Waals surface area contributed by atoms with Crippen molar-refractivity contribution >= 4 is 11.9 Å². The Morgan fingerprint density at radius 2 is 2.04 bits per heavy atom. The summed E-state index contributed by atoms with van der Waals surface area (Å²) in [6.07, 6.45) is 0.309. The Labute approximate surface area is 132 Å². The van der Waals surface area contributed by atoms with Gasteiger partial charge in [0.1, 0.15) is 5.75 Å². The molecule has 0 saturated carbocycles. The van der Waals surface area contributed by atoms with Crippen molar-refractivity contribution in [2.24, 2.45) is 0 Å². The number of hydrogen-bond acceptors (Lipinski definition) is 6. The summed E-state index contributed by atoms with van der Waals surface area (Å²) in [5, 5.41) is 15.4. The zero-order valence-electron chi connectivity index (χ0n) is 12.8. The molecule has 1 heterocycles. The zero-order valence-corrected chi connectivity index (χ0v) is 12.8. The highest BCUT2D eigenvalue weighted by atomic mass is 16.5. The van der Waals surface area contributed by atoms with Crippen molar-refractivity contribution in [3.63, 3.8) is 0 Å². The Morgan fingerprint density at radius 3 is 2.57 bits per heavy atom. The lowest BCUT2D eigenvalue weighted by molar-refractivity contribution is -0.142. The molecule has 0 spiro atoms. The molecule has 0 aliphatic rings. The minimum atomic E-state index is -1.14. The molecule has 1 atom stereocenters. The molecule has 1 aromatic heterocycles. The number of carboxylic acid groups (broad SMARTS) is 1. The third-order valence-corrected chi connectivity index (χ3v) is 3.14. The fourth-order valence-corrected chi connectivity index (χ4v) is 1.98. The summed E-state index contributed by atoms with van der Waals surface area (Å²) >= 11 is 0. The summed E-state index contributed by atoms with van der Waals surface area (Å²) < 4.78 is 9.93. The number of ether oxygens (including phenoxy) is 1. The van der Waals surface area contributed by atoms with Crippen LogP contribution >= 0.6 is 0 Å². The van der Waals surface area contributed by atoms with Crippen LogP contribution in [0.5, 0.6) is 5.75 Å². The second-order valence-electron chi connectivity index (χ2n) is 4.85. The summed E-state index contributed by atoms with van der Waals surface area (Å²) in [7, 11) is 1.52. The van der Waals surface area contributed by atoms with Gasteiger partial charge < -0.3 is 19.7 Å². The molecule has 0 aliphatic carbocycles. The molecule has 0 aliphatic heterocycles. The van der Waals surface area contributed by atoms with Crippen LogP contribution in [0.4, 0.5) is 0 Å². The molecule has 1 unspecified atom stereocenters. The molecule has 0 radical (unpaired) electrons. The minimum absolute atomic E-state index is 0.0571. The monoisotopic (exact) mass is 319 g/mol. The van der Waals surface area contributed by atoms with E-state index in [1.54, 1.807) is 31.2 Å². The van der Waals surface area contributed by atoms with Gasteiger partial charge in [0, 0.05) is 12.8 Å². The number of rotatable bonds is 7. The number of carboxylic acids is 1. The molecule has 23 heavy (non-hydrogen) atoms. The molecular weight excluding hydrogens is 302 g/mol. The van der Waals surface area contributed by atoms with E-state index in [2.05, 4.69) is 15.5 Å². The lowest BCUT2D eigenvalue weighted by Crippen LogP contribution is -2.33. The maximum atomic E-state index is 11.9. The summed E-state index contributed by atoms with van der Waals surface area (Å²) in [4.78, 5) is 27.3. The Hall–Kier alpha value is -2.90. The van der Waals surface area contributed by atoms with Crippen molar-refractivity contribution in [1.82, 2.24) is 15.5 Å². The Morgan fingerprint density at radius 1 is 1.35 bits per heavy atom. The first-order valence-corrected chi connectivity index (χ1v) is 6.95. The number of aromatic nitrogens is 2. The van der Waals surface area contributed by atoms with E-state index in [0.29, 0.717) is 23.0 Å². The summed E-state index contributed by atoms with van der Waals surface area (Å²) in [6.45, 7) is 1.68. The second-order valence-corrected chi connectivity index (χ2v) is 4.85. The molecule has 0 bridgehead atoms. The predicted molar refractivity (Wildman–Crippen MR) is 78.9 cm³/mol. The highest BCUT2D eigenvalue weighted by Gasteiger charge is 2.22. The highest BCUT2D eigenvalue weighted by molar-refractivity contribution is 5.84. The van der Waals surface area contributed by atoms with E-state index in [0.717, 1.165) is 0 Å². The number of carbonyl (C=O) groups excluding carboxylic acids is 1. The van der Waals surface area contributed by atoms with Crippen molar-refractivity contribution in [3.8, 4) is 5.75 Å². The number of nitrogens with zero attached hydrogens (tertiary/aromatic N) is 2. The first kappa shape index (κ1) is 16.5. The SMILES string of the molecule is COc1ccc(C(NC(=O)CCc2nc(C)no2)C(=O)O)cc1. The van der Waals surface area contributed by atoms with Gasteiger partial charge in [0.25, 0.3) is 0 Å². The van der Waals surface area contributed by atoms with E-state index < -0.39 is 17.9 Å². The van der Waals surface area contributed by atoms with Gasteiger partial charge >= 0.3 is 5.97 Å². The largest absolute Gasteiger partial charge is 0.497 e. The first-order chi connectivity index (χ1) is 11.0. The second kappa shape index (κ2) is 7.39. The van der Waals surface area contributed by atoms with Gasteiger partial charge in [-0.15, -0.1) is 0 Å². The van der Waals surface area contributed by atoms with Gasteiger partial charge in [-0.3, -0.25) is 4.79 Å². The molecule has 1 amide bonds. The van der Waals surface area contributed by atoms with Crippen LogP contribution in [-0.4, -0.2) is 34.2 Å². The van der Waals surface area contributed by atoms with E-state index in [1.165, 1.54) is 7.11 Å². The number of benzene rings is 1. The van der Waals surface area contributed by atoms with Crippen LogP contribution in [-0.2, 0) is 16.0 Å². The first-order valence-electron chi connectivity index (χ1n) is 6.95. The van der Waals surface area contributed by atoms with Gasteiger partial charge in [0.2, 0.25) is 11.8 Å². The number of amides is 1. The fraction of sp³-hybridized carbons (Fsp3) is 0.333. The van der Waals surface area contributed by atoms with Crippen molar-refractivity contribution in [2.45, 2.75) is 25.8 Å². The standard InChI is InChI=1S/C15H17N3O5/c1-9-16-13(23-18-9)8-7-12(19)17-14(15(20)21)10-3-5-11(22-2)6-4-10/h3-6,14H,7-8H2,1-2H3,(H,17,19)(H,20,21). The molecule has 0 fully saturated rings. The third-order valence-electron chi connectivity index (χ3n) is 3.14. The molecule has 0 saturated heterocycles. The van der Waals surface area contributed by atoms with Gasteiger partial charge in [-0.2, -0.15) is 4.98 Å². The number of methoxy groups -OCH3 is 1. The van der Waals surface area contributed by atoms with Crippen molar-refractivity contribution < 1.29 is 24.0 Å². The molecule has 2 N–H and O–H groups in total. The molecule has 8 nitrogen and oxygen atoms in total. The van der Waals surface area contributed by atoms with Crippen LogP contribution in [0.25, 0.3) is 0 Å².